The molecule has 0 aliphatic rings. The summed E-state index contributed by atoms with van der Waals surface area (Å²) in [4.78, 5) is 11.3. The fourth-order valence-electron chi connectivity index (χ4n) is 1.98. The van der Waals surface area contributed by atoms with E-state index in [1.807, 2.05) is 48.5 Å². The van der Waals surface area contributed by atoms with E-state index >= 15 is 0 Å². The van der Waals surface area contributed by atoms with Crippen LogP contribution in [0.4, 0.5) is 0 Å². The zero-order valence-electron chi connectivity index (χ0n) is 11.8. The number of nitrogens with one attached hydrogen (secondary N) is 1. The molecule has 0 atom stereocenters. The van der Waals surface area contributed by atoms with Gasteiger partial charge in [0.1, 0.15) is 11.5 Å². The zero-order valence-corrected chi connectivity index (χ0v) is 13.4. The van der Waals surface area contributed by atoms with Crippen LogP contribution in [0.3, 0.4) is 0 Å². The van der Waals surface area contributed by atoms with E-state index in [0.717, 1.165) is 27.2 Å². The summed E-state index contributed by atoms with van der Waals surface area (Å²) in [7, 11) is 0. The van der Waals surface area contributed by atoms with Gasteiger partial charge in [-0.15, -0.1) is 0 Å². The topological polar surface area (TPSA) is 55.0 Å². The lowest BCUT2D eigenvalue weighted by atomic mass is 10.1. The minimum absolute atomic E-state index is 0.168. The van der Waals surface area contributed by atoms with Gasteiger partial charge in [0.05, 0.1) is 5.69 Å². The van der Waals surface area contributed by atoms with Crippen molar-refractivity contribution in [3.8, 4) is 22.8 Å². The summed E-state index contributed by atoms with van der Waals surface area (Å²) in [5, 5.41) is 6.53. The van der Waals surface area contributed by atoms with Crippen LogP contribution in [-0.2, 0) is 0 Å². The van der Waals surface area contributed by atoms with Gasteiger partial charge in [-0.2, -0.15) is 5.10 Å². The van der Waals surface area contributed by atoms with Gasteiger partial charge in [0.25, 0.3) is 5.56 Å². The third-order valence-electron chi connectivity index (χ3n) is 3.19. The van der Waals surface area contributed by atoms with Crippen molar-refractivity contribution < 1.29 is 4.74 Å². The Hall–Kier alpha value is -2.40. The maximum atomic E-state index is 11.3. The van der Waals surface area contributed by atoms with Gasteiger partial charge in [0.15, 0.2) is 0 Å². The number of halogens is 1. The average molecular weight is 357 g/mol. The number of aromatic nitrogens is 2. The molecule has 110 valence electrons. The van der Waals surface area contributed by atoms with E-state index in [1.165, 1.54) is 0 Å². The molecule has 0 amide bonds. The minimum Gasteiger partial charge on any atom is -0.457 e. The molecule has 0 bridgehead atoms. The minimum atomic E-state index is -0.168. The Balaban J connectivity index is 1.81. The zero-order chi connectivity index (χ0) is 15.5. The maximum absolute atomic E-state index is 11.3. The lowest BCUT2D eigenvalue weighted by Crippen LogP contribution is -2.11. The number of hydrogen-bond donors (Lipinski definition) is 1. The fourth-order valence-corrected chi connectivity index (χ4v) is 2.25. The number of hydrogen-bond acceptors (Lipinski definition) is 3. The van der Waals surface area contributed by atoms with Crippen LogP contribution in [0.1, 0.15) is 5.56 Å². The van der Waals surface area contributed by atoms with Crippen LogP contribution >= 0.6 is 15.9 Å². The molecule has 22 heavy (non-hydrogen) atoms. The molecule has 0 aliphatic heterocycles. The Bertz CT molecular complexity index is 840. The molecule has 5 heteroatoms. The molecule has 1 N–H and O–H groups in total. The van der Waals surface area contributed by atoms with Crippen molar-refractivity contribution in [2.75, 3.05) is 0 Å². The van der Waals surface area contributed by atoms with E-state index in [9.17, 15) is 4.79 Å². The lowest BCUT2D eigenvalue weighted by Gasteiger charge is -2.07. The van der Waals surface area contributed by atoms with Crippen LogP contribution in [0, 0.1) is 6.92 Å². The second-order valence-corrected chi connectivity index (χ2v) is 5.76. The third kappa shape index (κ3) is 3.26. The first-order chi connectivity index (χ1) is 10.6. The number of H-pyrrole nitrogens is 1. The van der Waals surface area contributed by atoms with Crippen molar-refractivity contribution in [3.63, 3.8) is 0 Å². The van der Waals surface area contributed by atoms with Gasteiger partial charge >= 0.3 is 0 Å². The molecule has 3 aromatic rings. The summed E-state index contributed by atoms with van der Waals surface area (Å²) in [6.07, 6.45) is 0. The number of aryl methyl sites for hydroxylation is 1. The van der Waals surface area contributed by atoms with E-state index in [1.54, 1.807) is 13.0 Å². The third-order valence-corrected chi connectivity index (χ3v) is 3.72. The van der Waals surface area contributed by atoms with Gasteiger partial charge < -0.3 is 4.74 Å². The number of rotatable bonds is 3. The molecule has 0 saturated heterocycles. The van der Waals surface area contributed by atoms with Gasteiger partial charge in [0.2, 0.25) is 0 Å². The van der Waals surface area contributed by atoms with Crippen molar-refractivity contribution in [1.29, 1.82) is 0 Å². The molecule has 0 radical (unpaired) electrons. The van der Waals surface area contributed by atoms with Crippen molar-refractivity contribution in [3.05, 3.63) is 75.0 Å². The van der Waals surface area contributed by atoms with Crippen LogP contribution < -0.4 is 10.3 Å². The lowest BCUT2D eigenvalue weighted by molar-refractivity contribution is 0.482. The summed E-state index contributed by atoms with van der Waals surface area (Å²) in [5.41, 5.74) is 2.12. The van der Waals surface area contributed by atoms with Crippen molar-refractivity contribution in [2.45, 2.75) is 6.92 Å². The Labute approximate surface area is 135 Å². The van der Waals surface area contributed by atoms with E-state index in [0.29, 0.717) is 5.56 Å². The summed E-state index contributed by atoms with van der Waals surface area (Å²) >= 11 is 3.39. The largest absolute Gasteiger partial charge is 0.457 e. The molecule has 1 aromatic heterocycles. The molecule has 4 nitrogen and oxygen atoms in total. The Kier molecular flexibility index (Phi) is 4.06. The summed E-state index contributed by atoms with van der Waals surface area (Å²) in [6.45, 7) is 1.76. The first-order valence-corrected chi connectivity index (χ1v) is 7.51. The molecule has 3 rings (SSSR count). The smallest absolute Gasteiger partial charge is 0.267 e. The number of benzene rings is 2. The summed E-state index contributed by atoms with van der Waals surface area (Å²) < 4.78 is 6.78. The molecule has 0 saturated carbocycles. The van der Waals surface area contributed by atoms with E-state index in [2.05, 4.69) is 26.1 Å². The Morgan fingerprint density at radius 3 is 2.18 bits per heavy atom. The molecular weight excluding hydrogens is 344 g/mol. The molecule has 2 aromatic carbocycles. The van der Waals surface area contributed by atoms with Gasteiger partial charge in [-0.25, -0.2) is 5.10 Å². The second-order valence-electron chi connectivity index (χ2n) is 4.85. The predicted molar refractivity (Wildman–Crippen MR) is 89.2 cm³/mol. The van der Waals surface area contributed by atoms with Crippen LogP contribution in [0.25, 0.3) is 11.3 Å². The molecule has 1 heterocycles. The standard InChI is InChI=1S/C17H13BrN2O2/c1-11-10-16(19-20-17(11)21)12-2-6-14(7-3-12)22-15-8-4-13(18)5-9-15/h2-10H,1H3,(H,20,21). The number of ether oxygens (including phenoxy) is 1. The van der Waals surface area contributed by atoms with Crippen molar-refractivity contribution in [1.82, 2.24) is 10.2 Å². The second kappa shape index (κ2) is 6.15. The molecule has 0 unspecified atom stereocenters. The van der Waals surface area contributed by atoms with Crippen LogP contribution in [0.5, 0.6) is 11.5 Å². The summed E-state index contributed by atoms with van der Waals surface area (Å²) in [5.74, 6) is 1.51. The van der Waals surface area contributed by atoms with E-state index in [4.69, 9.17) is 4.74 Å². The normalized spacial score (nSPS) is 10.5. The first-order valence-electron chi connectivity index (χ1n) is 6.72. The molecule has 0 fully saturated rings. The predicted octanol–water partition coefficient (Wildman–Crippen LogP) is 4.30. The first kappa shape index (κ1) is 14.5. The summed E-state index contributed by atoms with van der Waals surface area (Å²) in [6, 6.07) is 17.0. The molecular formula is C17H13BrN2O2. The van der Waals surface area contributed by atoms with Gasteiger partial charge in [0, 0.05) is 15.6 Å². The highest BCUT2D eigenvalue weighted by Crippen LogP contribution is 2.25. The number of aromatic amines is 1. The van der Waals surface area contributed by atoms with Crippen LogP contribution in [-0.4, -0.2) is 10.2 Å². The van der Waals surface area contributed by atoms with E-state index < -0.39 is 0 Å². The Morgan fingerprint density at radius 2 is 1.59 bits per heavy atom. The van der Waals surface area contributed by atoms with E-state index in [-0.39, 0.29) is 5.56 Å². The fraction of sp³-hybridized carbons (Fsp3) is 0.0588. The average Bonchev–Trinajstić information content (AvgIpc) is 2.53. The highest BCUT2D eigenvalue weighted by Gasteiger charge is 2.03. The molecule has 0 spiro atoms. The monoisotopic (exact) mass is 356 g/mol. The van der Waals surface area contributed by atoms with Gasteiger partial charge in [-0.3, -0.25) is 4.79 Å². The Morgan fingerprint density at radius 1 is 1.00 bits per heavy atom. The van der Waals surface area contributed by atoms with Crippen LogP contribution in [0.2, 0.25) is 0 Å². The SMILES string of the molecule is Cc1cc(-c2ccc(Oc3ccc(Br)cc3)cc2)n[nH]c1=O. The quantitative estimate of drug-likeness (QED) is 0.760. The van der Waals surface area contributed by atoms with Gasteiger partial charge in [-0.1, -0.05) is 15.9 Å². The highest BCUT2D eigenvalue weighted by molar-refractivity contribution is 9.10. The maximum Gasteiger partial charge on any atom is 0.267 e. The molecule has 0 aliphatic carbocycles. The van der Waals surface area contributed by atoms with Crippen LogP contribution in [0.15, 0.2) is 63.9 Å². The van der Waals surface area contributed by atoms with Crippen molar-refractivity contribution in [2.24, 2.45) is 0 Å². The number of nitrogens with zero attached hydrogens (tertiary/aromatic N) is 1. The highest BCUT2D eigenvalue weighted by atomic mass is 79.9. The van der Waals surface area contributed by atoms with Crippen molar-refractivity contribution >= 4 is 15.9 Å². The van der Waals surface area contributed by atoms with Gasteiger partial charge in [-0.05, 0) is 61.5 Å².